The Morgan fingerprint density at radius 2 is 2.33 bits per heavy atom. The Morgan fingerprint density at radius 1 is 1.58 bits per heavy atom. The monoisotopic (exact) mass is 163 g/mol. The second-order valence-electron chi connectivity index (χ2n) is 2.51. The largest absolute Gasteiger partial charge is 0.508 e. The maximum Gasteiger partial charge on any atom is 0.118 e. The van der Waals surface area contributed by atoms with Crippen molar-refractivity contribution in [2.75, 3.05) is 0 Å². The van der Waals surface area contributed by atoms with Gasteiger partial charge in [-0.3, -0.25) is 0 Å². The van der Waals surface area contributed by atoms with E-state index in [9.17, 15) is 5.11 Å². The van der Waals surface area contributed by atoms with E-state index < -0.39 is 0 Å². The van der Waals surface area contributed by atoms with Gasteiger partial charge in [-0.1, -0.05) is 17.2 Å². The molecule has 0 bridgehead atoms. The van der Waals surface area contributed by atoms with Crippen molar-refractivity contribution < 1.29 is 5.11 Å². The van der Waals surface area contributed by atoms with Crippen LogP contribution in [-0.2, 0) is 6.54 Å². The van der Waals surface area contributed by atoms with Crippen LogP contribution in [0.2, 0.25) is 0 Å². The summed E-state index contributed by atoms with van der Waals surface area (Å²) in [5.74, 6) is 0.237. The molecule has 1 aromatic rings. The maximum absolute atomic E-state index is 9.26. The summed E-state index contributed by atoms with van der Waals surface area (Å²) >= 11 is 0. The predicted octanol–water partition coefficient (Wildman–Crippen LogP) is 2.51. The quantitative estimate of drug-likeness (QED) is 0.406. The normalized spacial score (nSPS) is 9.08. The first-order valence-corrected chi connectivity index (χ1v) is 3.53. The minimum atomic E-state index is 0.237. The molecule has 1 rings (SSSR count). The Balaban J connectivity index is 2.89. The van der Waals surface area contributed by atoms with E-state index in [2.05, 4.69) is 10.0 Å². The van der Waals surface area contributed by atoms with Gasteiger partial charge in [0.2, 0.25) is 0 Å². The van der Waals surface area contributed by atoms with Gasteiger partial charge in [-0.05, 0) is 29.6 Å². The molecule has 0 fully saturated rings. The Labute approximate surface area is 70.1 Å². The molecule has 0 aliphatic carbocycles. The minimum absolute atomic E-state index is 0.237. The lowest BCUT2D eigenvalue weighted by Crippen LogP contribution is -1.81. The highest BCUT2D eigenvalue weighted by Crippen LogP contribution is 2.17. The van der Waals surface area contributed by atoms with Crippen LogP contribution in [0.5, 0.6) is 5.75 Å². The Hall–Kier alpha value is -1.67. The Kier molecular flexibility index (Phi) is 2.56. The molecule has 0 unspecified atom stereocenters. The van der Waals surface area contributed by atoms with Crippen molar-refractivity contribution >= 4 is 0 Å². The molecule has 0 aliphatic heterocycles. The lowest BCUT2D eigenvalue weighted by molar-refractivity contribution is 0.470. The number of aromatic hydroxyl groups is 1. The van der Waals surface area contributed by atoms with Crippen LogP contribution < -0.4 is 0 Å². The molecule has 0 heterocycles. The van der Waals surface area contributed by atoms with Crippen molar-refractivity contribution in [1.82, 2.24) is 0 Å². The summed E-state index contributed by atoms with van der Waals surface area (Å²) in [6.45, 7) is 2.09. The molecule has 1 N–H and O–H groups in total. The molecule has 0 saturated heterocycles. The number of phenols is 1. The number of benzene rings is 1. The molecule has 1 aromatic carbocycles. The van der Waals surface area contributed by atoms with Crippen LogP contribution in [0.3, 0.4) is 0 Å². The zero-order chi connectivity index (χ0) is 8.97. The van der Waals surface area contributed by atoms with Crippen LogP contribution in [0.4, 0.5) is 0 Å². The smallest absolute Gasteiger partial charge is 0.118 e. The van der Waals surface area contributed by atoms with Crippen molar-refractivity contribution in [3.05, 3.63) is 39.8 Å². The van der Waals surface area contributed by atoms with Gasteiger partial charge in [-0.2, -0.15) is 0 Å². The van der Waals surface area contributed by atoms with E-state index in [4.69, 9.17) is 5.53 Å². The first-order valence-electron chi connectivity index (χ1n) is 3.53. The predicted molar refractivity (Wildman–Crippen MR) is 45.7 cm³/mol. The molecule has 0 atom stereocenters. The van der Waals surface area contributed by atoms with E-state index in [0.717, 1.165) is 11.1 Å². The lowest BCUT2D eigenvalue weighted by Gasteiger charge is -1.99. The highest BCUT2D eigenvalue weighted by Gasteiger charge is 1.96. The molecule has 0 spiro atoms. The summed E-state index contributed by atoms with van der Waals surface area (Å²) < 4.78 is 0. The Morgan fingerprint density at radius 3 is 2.92 bits per heavy atom. The van der Waals surface area contributed by atoms with Gasteiger partial charge in [0.1, 0.15) is 5.75 Å². The van der Waals surface area contributed by atoms with Gasteiger partial charge in [0.05, 0.1) is 6.54 Å². The molecule has 0 saturated carbocycles. The number of nitrogens with zero attached hydrogens (tertiary/aromatic N) is 3. The third-order valence-electron chi connectivity index (χ3n) is 1.59. The SMILES string of the molecule is Cc1ccc(CN=[N+]=[N-])cc1O. The summed E-state index contributed by atoms with van der Waals surface area (Å²) in [4.78, 5) is 2.63. The van der Waals surface area contributed by atoms with Crippen molar-refractivity contribution in [2.24, 2.45) is 5.11 Å². The van der Waals surface area contributed by atoms with Crippen LogP contribution in [0, 0.1) is 6.92 Å². The van der Waals surface area contributed by atoms with Crippen LogP contribution in [0.1, 0.15) is 11.1 Å². The maximum atomic E-state index is 9.26. The van der Waals surface area contributed by atoms with E-state index >= 15 is 0 Å². The summed E-state index contributed by atoms with van der Waals surface area (Å²) in [6, 6.07) is 5.21. The highest BCUT2D eigenvalue weighted by molar-refractivity contribution is 5.35. The number of hydrogen-bond acceptors (Lipinski definition) is 2. The second-order valence-corrected chi connectivity index (χ2v) is 2.51. The summed E-state index contributed by atoms with van der Waals surface area (Å²) in [5.41, 5.74) is 9.68. The van der Waals surface area contributed by atoms with Gasteiger partial charge in [0.25, 0.3) is 0 Å². The Bertz CT molecular complexity index is 329. The number of azide groups is 1. The average molecular weight is 163 g/mol. The molecule has 12 heavy (non-hydrogen) atoms. The number of hydrogen-bond donors (Lipinski definition) is 1. The van der Waals surface area contributed by atoms with Gasteiger partial charge in [-0.15, -0.1) is 0 Å². The number of aryl methyl sites for hydroxylation is 1. The molecule has 0 amide bonds. The molecule has 0 aliphatic rings. The lowest BCUT2D eigenvalue weighted by atomic mass is 10.1. The number of rotatable bonds is 2. The van der Waals surface area contributed by atoms with E-state index in [1.165, 1.54) is 0 Å². The zero-order valence-electron chi connectivity index (χ0n) is 6.73. The summed E-state index contributed by atoms with van der Waals surface area (Å²) in [7, 11) is 0. The van der Waals surface area contributed by atoms with E-state index in [-0.39, 0.29) is 12.3 Å². The van der Waals surface area contributed by atoms with Crippen LogP contribution in [0.15, 0.2) is 23.3 Å². The van der Waals surface area contributed by atoms with Crippen molar-refractivity contribution in [3.63, 3.8) is 0 Å². The van der Waals surface area contributed by atoms with Crippen LogP contribution in [0.25, 0.3) is 10.4 Å². The van der Waals surface area contributed by atoms with Gasteiger partial charge < -0.3 is 5.11 Å². The van der Waals surface area contributed by atoms with E-state index in [1.54, 1.807) is 12.1 Å². The molecule has 4 nitrogen and oxygen atoms in total. The van der Waals surface area contributed by atoms with E-state index in [1.807, 2.05) is 13.0 Å². The second kappa shape index (κ2) is 3.64. The van der Waals surface area contributed by atoms with Crippen molar-refractivity contribution in [1.29, 1.82) is 0 Å². The summed E-state index contributed by atoms with van der Waals surface area (Å²) in [6.07, 6.45) is 0. The van der Waals surface area contributed by atoms with Gasteiger partial charge in [0, 0.05) is 4.91 Å². The third kappa shape index (κ3) is 1.90. The molecule has 0 radical (unpaired) electrons. The highest BCUT2D eigenvalue weighted by atomic mass is 16.3. The van der Waals surface area contributed by atoms with E-state index in [0.29, 0.717) is 0 Å². The molecular weight excluding hydrogens is 154 g/mol. The average Bonchev–Trinajstić information content (AvgIpc) is 2.07. The molecular formula is C8H9N3O. The fourth-order valence-corrected chi connectivity index (χ4v) is 0.867. The van der Waals surface area contributed by atoms with Gasteiger partial charge >= 0.3 is 0 Å². The summed E-state index contributed by atoms with van der Waals surface area (Å²) in [5, 5.41) is 12.6. The minimum Gasteiger partial charge on any atom is -0.508 e. The fourth-order valence-electron chi connectivity index (χ4n) is 0.867. The molecule has 4 heteroatoms. The molecule has 0 aromatic heterocycles. The third-order valence-corrected chi connectivity index (χ3v) is 1.59. The first kappa shape index (κ1) is 8.43. The van der Waals surface area contributed by atoms with Crippen molar-refractivity contribution in [2.45, 2.75) is 13.5 Å². The van der Waals surface area contributed by atoms with Gasteiger partial charge in [0.15, 0.2) is 0 Å². The zero-order valence-corrected chi connectivity index (χ0v) is 6.73. The molecule has 62 valence electrons. The van der Waals surface area contributed by atoms with Crippen molar-refractivity contribution in [3.8, 4) is 5.75 Å². The topological polar surface area (TPSA) is 69.0 Å². The van der Waals surface area contributed by atoms with Gasteiger partial charge in [-0.25, -0.2) is 0 Å². The van der Waals surface area contributed by atoms with Crippen LogP contribution in [-0.4, -0.2) is 5.11 Å². The fraction of sp³-hybridized carbons (Fsp3) is 0.250. The first-order chi connectivity index (χ1) is 5.74. The number of phenolic OH excluding ortho intramolecular Hbond substituents is 1. The standard InChI is InChI=1S/C8H9N3O/c1-6-2-3-7(4-8(6)12)5-10-11-9/h2-4,12H,5H2,1H3. The van der Waals surface area contributed by atoms with Crippen LogP contribution >= 0.6 is 0 Å².